The molecule has 0 saturated heterocycles. The Kier molecular flexibility index (Phi) is 7.67. The summed E-state index contributed by atoms with van der Waals surface area (Å²) in [6.45, 7) is 6.35. The summed E-state index contributed by atoms with van der Waals surface area (Å²) in [5.41, 5.74) is 3.48. The molecular formula is C22H28O4. The van der Waals surface area contributed by atoms with Crippen LogP contribution >= 0.6 is 0 Å². The van der Waals surface area contributed by atoms with Crippen LogP contribution in [0.25, 0.3) is 0 Å². The predicted molar refractivity (Wildman–Crippen MR) is 103 cm³/mol. The standard InChI is InChI=1S/C20H22O4.C2H6/c1-2-23-19(13-20(21)22)15-7-10-16(11-8-15)24-18-12-9-14-5-3-4-6-17(14)18;1-2/h3-8,10-11,18-19H,2,9,12-13H2,1H3,(H,21,22);1-2H3/t18-,19+;/m1./s1. The first-order valence-corrected chi connectivity index (χ1v) is 9.35. The molecule has 4 nitrogen and oxygen atoms in total. The maximum absolute atomic E-state index is 11.0. The fourth-order valence-corrected chi connectivity index (χ4v) is 3.20. The average molecular weight is 356 g/mol. The van der Waals surface area contributed by atoms with Gasteiger partial charge in [0.2, 0.25) is 0 Å². The molecule has 2 atom stereocenters. The highest BCUT2D eigenvalue weighted by molar-refractivity contribution is 5.67. The summed E-state index contributed by atoms with van der Waals surface area (Å²) < 4.78 is 11.7. The number of benzene rings is 2. The summed E-state index contributed by atoms with van der Waals surface area (Å²) in [7, 11) is 0. The number of carbonyl (C=O) groups is 1. The maximum Gasteiger partial charge on any atom is 0.306 e. The second-order valence-electron chi connectivity index (χ2n) is 5.95. The molecule has 0 amide bonds. The van der Waals surface area contributed by atoms with Gasteiger partial charge in [0.1, 0.15) is 11.9 Å². The maximum atomic E-state index is 11.0. The third kappa shape index (κ3) is 5.09. The molecule has 0 fully saturated rings. The molecule has 140 valence electrons. The molecule has 0 heterocycles. The fourth-order valence-electron chi connectivity index (χ4n) is 3.20. The van der Waals surface area contributed by atoms with Crippen molar-refractivity contribution in [3.05, 3.63) is 65.2 Å². The van der Waals surface area contributed by atoms with E-state index in [1.54, 1.807) is 0 Å². The molecule has 0 aromatic heterocycles. The second kappa shape index (κ2) is 9.97. The highest BCUT2D eigenvalue weighted by Crippen LogP contribution is 2.35. The lowest BCUT2D eigenvalue weighted by molar-refractivity contribution is -0.140. The molecule has 2 aromatic rings. The number of rotatable bonds is 7. The van der Waals surface area contributed by atoms with Crippen LogP contribution in [0.2, 0.25) is 0 Å². The van der Waals surface area contributed by atoms with Gasteiger partial charge in [-0.05, 0) is 48.6 Å². The van der Waals surface area contributed by atoms with E-state index in [0.29, 0.717) is 6.61 Å². The smallest absolute Gasteiger partial charge is 0.306 e. The highest BCUT2D eigenvalue weighted by Gasteiger charge is 2.23. The lowest BCUT2D eigenvalue weighted by Crippen LogP contribution is -2.10. The zero-order valence-corrected chi connectivity index (χ0v) is 15.8. The van der Waals surface area contributed by atoms with Gasteiger partial charge >= 0.3 is 5.97 Å². The van der Waals surface area contributed by atoms with Gasteiger partial charge in [-0.15, -0.1) is 0 Å². The molecule has 4 heteroatoms. The average Bonchev–Trinajstić information content (AvgIpc) is 3.06. The molecule has 1 aliphatic rings. The fraction of sp³-hybridized carbons (Fsp3) is 0.409. The van der Waals surface area contributed by atoms with E-state index in [4.69, 9.17) is 14.6 Å². The first kappa shape index (κ1) is 20.0. The molecule has 0 radical (unpaired) electrons. The molecule has 1 N–H and O–H groups in total. The predicted octanol–water partition coefficient (Wildman–Crippen LogP) is 5.33. The van der Waals surface area contributed by atoms with E-state index >= 15 is 0 Å². The van der Waals surface area contributed by atoms with Crippen molar-refractivity contribution in [3.63, 3.8) is 0 Å². The third-order valence-corrected chi connectivity index (χ3v) is 4.34. The highest BCUT2D eigenvalue weighted by atomic mass is 16.5. The SMILES string of the molecule is CC.CCO[C@@H](CC(=O)O)c1ccc(O[C@@H]2CCc3ccccc32)cc1. The number of aryl methyl sites for hydroxylation is 1. The molecular weight excluding hydrogens is 328 g/mol. The molecule has 0 aliphatic heterocycles. The van der Waals surface area contributed by atoms with Crippen LogP contribution in [0.1, 0.15) is 62.5 Å². The van der Waals surface area contributed by atoms with Gasteiger partial charge in [-0.3, -0.25) is 4.79 Å². The Hall–Kier alpha value is -2.33. The minimum Gasteiger partial charge on any atom is -0.486 e. The zero-order valence-electron chi connectivity index (χ0n) is 15.8. The van der Waals surface area contributed by atoms with Crippen molar-refractivity contribution in [1.82, 2.24) is 0 Å². The van der Waals surface area contributed by atoms with Crippen molar-refractivity contribution in [2.24, 2.45) is 0 Å². The molecule has 0 bridgehead atoms. The summed E-state index contributed by atoms with van der Waals surface area (Å²) >= 11 is 0. The largest absolute Gasteiger partial charge is 0.486 e. The first-order valence-electron chi connectivity index (χ1n) is 9.35. The van der Waals surface area contributed by atoms with Crippen molar-refractivity contribution in [2.75, 3.05) is 6.61 Å². The van der Waals surface area contributed by atoms with Crippen LogP contribution in [-0.2, 0) is 16.0 Å². The zero-order chi connectivity index (χ0) is 18.9. The van der Waals surface area contributed by atoms with Crippen LogP contribution in [0, 0.1) is 0 Å². The Morgan fingerprint density at radius 2 is 1.85 bits per heavy atom. The van der Waals surface area contributed by atoms with E-state index in [9.17, 15) is 4.79 Å². The van der Waals surface area contributed by atoms with E-state index in [0.717, 1.165) is 24.2 Å². The van der Waals surface area contributed by atoms with Gasteiger partial charge in [-0.1, -0.05) is 50.2 Å². The molecule has 1 aliphatic carbocycles. The Morgan fingerprint density at radius 1 is 1.15 bits per heavy atom. The van der Waals surface area contributed by atoms with E-state index in [1.807, 2.05) is 51.1 Å². The molecule has 0 spiro atoms. The van der Waals surface area contributed by atoms with Gasteiger partial charge < -0.3 is 14.6 Å². The van der Waals surface area contributed by atoms with Gasteiger partial charge in [-0.25, -0.2) is 0 Å². The Morgan fingerprint density at radius 3 is 2.50 bits per heavy atom. The van der Waals surface area contributed by atoms with Gasteiger partial charge in [0.15, 0.2) is 0 Å². The topological polar surface area (TPSA) is 55.8 Å². The van der Waals surface area contributed by atoms with Crippen LogP contribution in [0.15, 0.2) is 48.5 Å². The van der Waals surface area contributed by atoms with Gasteiger partial charge in [0.05, 0.1) is 12.5 Å². The molecule has 26 heavy (non-hydrogen) atoms. The number of ether oxygens (including phenoxy) is 2. The minimum absolute atomic E-state index is 0.0377. The van der Waals surface area contributed by atoms with Crippen molar-refractivity contribution >= 4 is 5.97 Å². The van der Waals surface area contributed by atoms with E-state index in [2.05, 4.69) is 18.2 Å². The van der Waals surface area contributed by atoms with Crippen LogP contribution in [0.4, 0.5) is 0 Å². The van der Waals surface area contributed by atoms with E-state index < -0.39 is 12.1 Å². The van der Waals surface area contributed by atoms with Crippen molar-refractivity contribution in [3.8, 4) is 5.75 Å². The Bertz CT molecular complexity index is 694. The number of hydrogen-bond acceptors (Lipinski definition) is 3. The van der Waals surface area contributed by atoms with Crippen molar-refractivity contribution in [1.29, 1.82) is 0 Å². The molecule has 3 rings (SSSR count). The summed E-state index contributed by atoms with van der Waals surface area (Å²) in [6.07, 6.45) is 1.66. The summed E-state index contributed by atoms with van der Waals surface area (Å²) in [6, 6.07) is 15.9. The van der Waals surface area contributed by atoms with Crippen molar-refractivity contribution in [2.45, 2.75) is 52.2 Å². The lowest BCUT2D eigenvalue weighted by Gasteiger charge is -2.18. The van der Waals surface area contributed by atoms with Gasteiger partial charge in [0, 0.05) is 6.61 Å². The molecule has 0 unspecified atom stereocenters. The Labute approximate surface area is 155 Å². The monoisotopic (exact) mass is 356 g/mol. The summed E-state index contributed by atoms with van der Waals surface area (Å²) in [4.78, 5) is 11.0. The number of carboxylic acid groups (broad SMARTS) is 1. The lowest BCUT2D eigenvalue weighted by atomic mass is 10.1. The van der Waals surface area contributed by atoms with Crippen LogP contribution in [0.3, 0.4) is 0 Å². The molecule has 2 aromatic carbocycles. The quantitative estimate of drug-likeness (QED) is 0.728. The summed E-state index contributed by atoms with van der Waals surface area (Å²) in [5.74, 6) is -0.0673. The third-order valence-electron chi connectivity index (χ3n) is 4.34. The van der Waals surface area contributed by atoms with Crippen LogP contribution in [0.5, 0.6) is 5.75 Å². The van der Waals surface area contributed by atoms with E-state index in [-0.39, 0.29) is 12.5 Å². The number of hydrogen-bond donors (Lipinski definition) is 1. The molecule has 0 saturated carbocycles. The minimum atomic E-state index is -0.865. The number of fused-ring (bicyclic) bond motifs is 1. The second-order valence-corrected chi connectivity index (χ2v) is 5.95. The first-order chi connectivity index (χ1) is 12.7. The summed E-state index contributed by atoms with van der Waals surface area (Å²) in [5, 5.41) is 9.00. The van der Waals surface area contributed by atoms with Crippen molar-refractivity contribution < 1.29 is 19.4 Å². The van der Waals surface area contributed by atoms with Crippen LogP contribution in [-0.4, -0.2) is 17.7 Å². The van der Waals surface area contributed by atoms with Gasteiger partial charge in [0.25, 0.3) is 0 Å². The van der Waals surface area contributed by atoms with Crippen LogP contribution < -0.4 is 4.74 Å². The normalized spacial score (nSPS) is 16.2. The van der Waals surface area contributed by atoms with Gasteiger partial charge in [-0.2, -0.15) is 0 Å². The number of aliphatic carboxylic acids is 1. The van der Waals surface area contributed by atoms with E-state index in [1.165, 1.54) is 11.1 Å². The Balaban J connectivity index is 0.00000117. The number of carboxylic acids is 1.